The number of amides is 4. The van der Waals surface area contributed by atoms with Gasteiger partial charge in [0.05, 0.1) is 55.6 Å². The maximum atomic E-state index is 11.5. The number of cyclic esters (lactones) is 4. The summed E-state index contributed by atoms with van der Waals surface area (Å²) >= 11 is 1.35. The van der Waals surface area contributed by atoms with Gasteiger partial charge in [-0.25, -0.2) is 34.2 Å². The predicted molar refractivity (Wildman–Crippen MR) is 362 cm³/mol. The van der Waals surface area contributed by atoms with Crippen molar-refractivity contribution in [3.05, 3.63) is 146 Å². The van der Waals surface area contributed by atoms with E-state index in [9.17, 15) is 63.0 Å². The van der Waals surface area contributed by atoms with E-state index in [0.29, 0.717) is 134 Å². The van der Waals surface area contributed by atoms with E-state index in [2.05, 4.69) is 64.4 Å². The Morgan fingerprint density at radius 2 is 0.840 bits per heavy atom. The van der Waals surface area contributed by atoms with Gasteiger partial charge in [0.1, 0.15) is 12.1 Å². The van der Waals surface area contributed by atoms with Gasteiger partial charge in [-0.05, 0) is 43.9 Å². The zero-order chi connectivity index (χ0) is 69.8. The standard InChI is InChI=1S/C12H11BN2O5.C12H11BN2O4S.C10H10BNO2.2C8H8BO2.C6H6NO4.C6H6NO3S.2Y/c16-11-9(15-12(17)19-11)5-6-10-14-8-4-2-1-3-7(8)13(18)20-10;16-11-9(15-12(17)20-11)5-6-10-14-8-4-2-1-3-7(8)13(18)19-10;1-2-5-10-12-9-7-4-3-6-8(9)11(13)14-10;2*1-2-4-8(5-3-1)9-10-6-7-11-9;2*8-3-1-2-4-5(9)11-6(10)7-4;;/h2*1-4,9,18H,5-6H2,(H,15,17);2-4,6-7,13H,1,5H2;2*1-4H,6-7H2;2*4H,1-2H2,(H,7,10);;/q;;;4*-1;;. The van der Waals surface area contributed by atoms with Gasteiger partial charge in [-0.2, -0.15) is 67.1 Å². The van der Waals surface area contributed by atoms with Crippen molar-refractivity contribution in [2.24, 2.45) is 15.0 Å². The summed E-state index contributed by atoms with van der Waals surface area (Å²) in [5, 5.41) is 38.0. The second-order valence-corrected chi connectivity index (χ2v) is 22.9. The van der Waals surface area contributed by atoms with Crippen LogP contribution in [0.2, 0.25) is 0 Å². The van der Waals surface area contributed by atoms with Gasteiger partial charge in [0.2, 0.25) is 10.2 Å². The number of para-hydroxylation sites is 3. The molecule has 9 heterocycles. The van der Waals surface area contributed by atoms with Crippen LogP contribution in [0.4, 0.5) is 36.2 Å². The summed E-state index contributed by atoms with van der Waals surface area (Å²) in [6.07, 6.45) is 6.37. The van der Waals surface area contributed by atoms with Gasteiger partial charge in [-0.1, -0.05) is 60.7 Å². The Labute approximate surface area is 634 Å². The van der Waals surface area contributed by atoms with E-state index in [1.165, 1.54) is 0 Å². The minimum Gasteiger partial charge on any atom is -0.542 e. The van der Waals surface area contributed by atoms with Crippen molar-refractivity contribution in [1.82, 2.24) is 21.3 Å². The molecule has 2 radical (unpaired) electrons. The Morgan fingerprint density at radius 3 is 1.19 bits per heavy atom. The molecule has 14 rings (SSSR count). The molecule has 5 aromatic rings. The molecule has 512 valence electrons. The number of benzene rings is 5. The molecule has 4 atom stereocenters. The molecule has 6 saturated heterocycles. The van der Waals surface area contributed by atoms with Crippen molar-refractivity contribution in [2.75, 3.05) is 26.4 Å². The van der Waals surface area contributed by atoms with Crippen molar-refractivity contribution in [3.8, 4) is 0 Å². The van der Waals surface area contributed by atoms with Gasteiger partial charge < -0.3 is 88.0 Å². The molecule has 6 fully saturated rings. The summed E-state index contributed by atoms with van der Waals surface area (Å²) in [5.41, 5.74) is 5.96. The monoisotopic (exact) mass is 1550 g/mol. The fourth-order valence-electron chi connectivity index (χ4n) is 9.36. The largest absolute Gasteiger partial charge is 0.563 e. The summed E-state index contributed by atoms with van der Waals surface area (Å²) in [7, 11) is -3.38. The molecule has 100 heavy (non-hydrogen) atoms. The van der Waals surface area contributed by atoms with Crippen molar-refractivity contribution in [3.63, 3.8) is 0 Å². The molecule has 0 saturated carbocycles. The second-order valence-electron chi connectivity index (χ2n) is 20.9. The third-order valence-electron chi connectivity index (χ3n) is 14.1. The zero-order valence-corrected chi connectivity index (χ0v) is 60.4. The summed E-state index contributed by atoms with van der Waals surface area (Å²) in [6, 6.07) is 40.8. The number of carbonyl (C=O) groups excluding carboxylic acids is 10. The molecule has 38 heteroatoms. The topological polar surface area (TPSA) is 400 Å². The third-order valence-corrected chi connectivity index (χ3v) is 15.6. The number of fused-ring (bicyclic) bond motifs is 3. The van der Waals surface area contributed by atoms with E-state index in [1.807, 2.05) is 78.9 Å². The Morgan fingerprint density at radius 1 is 0.490 bits per heavy atom. The molecule has 0 spiro atoms. The van der Waals surface area contributed by atoms with Crippen LogP contribution >= 0.6 is 23.5 Å². The van der Waals surface area contributed by atoms with Crippen molar-refractivity contribution in [1.29, 1.82) is 0 Å². The summed E-state index contributed by atoms with van der Waals surface area (Å²) in [5.74, 6) is -0.0240. The fraction of sp³-hybridized carbons (Fsp3) is 0.274. The van der Waals surface area contributed by atoms with Crippen LogP contribution in [0.15, 0.2) is 149 Å². The normalized spacial score (nSPS) is 19.2. The first-order valence-corrected chi connectivity index (χ1v) is 31.9. The average molecular weight is 1550 g/mol. The van der Waals surface area contributed by atoms with Gasteiger partial charge in [-0.15, -0.1) is 23.9 Å². The summed E-state index contributed by atoms with van der Waals surface area (Å²) in [6.45, 7) is 6.34. The number of nitrogens with zero attached hydrogens (tertiary/aromatic N) is 3. The molecule has 9 aliphatic heterocycles. The van der Waals surface area contributed by atoms with Crippen molar-refractivity contribution >= 4 is 179 Å². The minimum absolute atomic E-state index is 0. The molecule has 4 unspecified atom stereocenters. The summed E-state index contributed by atoms with van der Waals surface area (Å²) < 4.78 is 45.4. The average Bonchev–Trinajstić information content (AvgIpc) is 1.48. The molecular formula is C62H60B5N7O22S2Y2-4. The SMILES string of the molecule is C=CCC1=Nc2ccccc2B(O)O1.O=C1NC(CCC2=Nc3ccccc3B(O)O2)C(=O)O1.O=C1NC(CCC2=Nc3ccccc3B(O)O2)C(=O)S1.O=[C-]CCC1NC(=O)OC1=O.O=[C-]CCC1NC(=O)SC1=O.[Y].[Y].[c-]1ccccc1B1OCCO1.[c-]1ccccc1B1OCCO1. The van der Waals surface area contributed by atoms with Crippen molar-refractivity contribution in [2.45, 2.75) is 82.0 Å². The third kappa shape index (κ3) is 25.6. The Hall–Kier alpha value is -7.30. The predicted octanol–water partition coefficient (Wildman–Crippen LogP) is 1.62. The number of aliphatic imine (C=N–C) groups is 3. The Balaban J connectivity index is 0.000000186. The number of ether oxygens (including phenoxy) is 2. The Bertz CT molecular complexity index is 3560. The van der Waals surface area contributed by atoms with Crippen LogP contribution in [0.25, 0.3) is 0 Å². The van der Waals surface area contributed by atoms with Crippen LogP contribution in [0.3, 0.4) is 0 Å². The van der Waals surface area contributed by atoms with Gasteiger partial charge in [0.15, 0.2) is 17.7 Å². The van der Waals surface area contributed by atoms with E-state index in [-0.39, 0.29) is 120 Å². The molecule has 9 aliphatic rings. The maximum Gasteiger partial charge on any atom is 0.563 e. The number of nitrogens with one attached hydrogen (secondary N) is 4. The van der Waals surface area contributed by atoms with E-state index in [1.54, 1.807) is 61.1 Å². The van der Waals surface area contributed by atoms with Gasteiger partial charge in [0.25, 0.3) is 10.5 Å². The van der Waals surface area contributed by atoms with E-state index >= 15 is 0 Å². The molecule has 0 aromatic heterocycles. The smallest absolute Gasteiger partial charge is 0.542 e. The van der Waals surface area contributed by atoms with Crippen LogP contribution in [-0.2, 0) is 136 Å². The molecule has 29 nitrogen and oxygen atoms in total. The first-order valence-electron chi connectivity index (χ1n) is 30.3. The van der Waals surface area contributed by atoms with Crippen LogP contribution in [0.1, 0.15) is 57.8 Å². The number of rotatable bonds is 16. The van der Waals surface area contributed by atoms with E-state index in [0.717, 1.165) is 16.6 Å². The first-order chi connectivity index (χ1) is 47.5. The van der Waals surface area contributed by atoms with E-state index < -0.39 is 69.6 Å². The number of esters is 2. The van der Waals surface area contributed by atoms with Gasteiger partial charge >= 0.3 is 59.7 Å². The molecule has 0 aliphatic carbocycles. The number of thioether (sulfide) groups is 2. The molecule has 7 N–H and O–H groups in total. The summed E-state index contributed by atoms with van der Waals surface area (Å²) in [4.78, 5) is 119. The van der Waals surface area contributed by atoms with Crippen LogP contribution in [0, 0.1) is 12.1 Å². The molecule has 5 aromatic carbocycles. The number of hydrogen-bond acceptors (Lipinski definition) is 27. The molecule has 0 bridgehead atoms. The quantitative estimate of drug-likeness (QED) is 0.0243. The van der Waals surface area contributed by atoms with Crippen LogP contribution in [-0.4, -0.2) is 176 Å². The second kappa shape index (κ2) is 42.8. The fourth-order valence-corrected chi connectivity index (χ4v) is 10.8. The van der Waals surface area contributed by atoms with Crippen LogP contribution in [0.5, 0.6) is 0 Å². The van der Waals surface area contributed by atoms with E-state index in [4.69, 9.17) is 32.6 Å². The van der Waals surface area contributed by atoms with Gasteiger partial charge in [0, 0.05) is 125 Å². The van der Waals surface area contributed by atoms with Crippen molar-refractivity contribution < 1.29 is 170 Å². The number of hydrogen-bond donors (Lipinski definition) is 7. The molecule has 4 amide bonds. The van der Waals surface area contributed by atoms with Gasteiger partial charge in [-0.3, -0.25) is 31.8 Å². The van der Waals surface area contributed by atoms with Crippen LogP contribution < -0.4 is 48.6 Å². The maximum absolute atomic E-state index is 11.5. The Kier molecular flexibility index (Phi) is 35.0. The number of alkyl carbamates (subject to hydrolysis) is 2. The molecular weight excluding hydrogens is 1490 g/mol. The minimum atomic E-state index is -1.07. The number of carbonyl (C=O) groups is 8. The first kappa shape index (κ1) is 81.7. The zero-order valence-electron chi connectivity index (χ0n) is 53.1.